The highest BCUT2D eigenvalue weighted by Gasteiger charge is 2.30. The zero-order valence-electron chi connectivity index (χ0n) is 18.0. The number of anilines is 1. The molecule has 2 fully saturated rings. The molecule has 2 aliphatic rings. The van der Waals surface area contributed by atoms with Gasteiger partial charge in [0.15, 0.2) is 17.3 Å². The van der Waals surface area contributed by atoms with E-state index in [4.69, 9.17) is 10.2 Å². The molecule has 3 aromatic heterocycles. The van der Waals surface area contributed by atoms with Crippen LogP contribution in [0.15, 0.2) is 47.7 Å². The lowest BCUT2D eigenvalue weighted by Gasteiger charge is -2.14. The van der Waals surface area contributed by atoms with Crippen LogP contribution in [0, 0.1) is 11.8 Å². The van der Waals surface area contributed by atoms with E-state index in [-0.39, 0.29) is 11.8 Å². The van der Waals surface area contributed by atoms with Gasteiger partial charge in [0.05, 0.1) is 5.56 Å². The molecular weight excluding hydrogens is 416 g/mol. The van der Waals surface area contributed by atoms with Crippen molar-refractivity contribution in [2.24, 2.45) is 0 Å². The number of hydrogen-bond donors (Lipinski definition) is 1. The number of likely N-dealkylation sites (tertiary alicyclic amines) is 1. The predicted octanol–water partition coefficient (Wildman–Crippen LogP) is 3.23. The molecule has 164 valence electrons. The van der Waals surface area contributed by atoms with Crippen LogP contribution in [0.25, 0.3) is 16.6 Å². The summed E-state index contributed by atoms with van der Waals surface area (Å²) in [5.41, 5.74) is 11.1. The highest BCUT2D eigenvalue weighted by atomic mass is 16.3. The summed E-state index contributed by atoms with van der Waals surface area (Å²) in [6, 6.07) is 7.82. The van der Waals surface area contributed by atoms with Gasteiger partial charge in [0.2, 0.25) is 5.91 Å². The fourth-order valence-corrected chi connectivity index (χ4v) is 4.48. The van der Waals surface area contributed by atoms with Crippen LogP contribution in [-0.2, 0) is 4.79 Å². The molecule has 2 N–H and O–H groups in total. The van der Waals surface area contributed by atoms with Crippen LogP contribution in [0.5, 0.6) is 0 Å². The number of oxazole rings is 1. The van der Waals surface area contributed by atoms with Crippen molar-refractivity contribution in [1.29, 1.82) is 0 Å². The van der Waals surface area contributed by atoms with Crippen molar-refractivity contribution in [3.63, 3.8) is 0 Å². The van der Waals surface area contributed by atoms with Gasteiger partial charge in [0.25, 0.3) is 0 Å². The van der Waals surface area contributed by atoms with Crippen molar-refractivity contribution in [1.82, 2.24) is 24.5 Å². The van der Waals surface area contributed by atoms with E-state index < -0.39 is 0 Å². The Balaban J connectivity index is 1.36. The van der Waals surface area contributed by atoms with E-state index in [2.05, 4.69) is 33.5 Å². The third-order valence-corrected chi connectivity index (χ3v) is 6.38. The molecule has 1 saturated carbocycles. The van der Waals surface area contributed by atoms with Crippen molar-refractivity contribution < 1.29 is 9.21 Å². The minimum absolute atomic E-state index is 0.0550. The van der Waals surface area contributed by atoms with Crippen molar-refractivity contribution >= 4 is 28.3 Å². The average Bonchev–Trinajstić information content (AvgIpc) is 3.24. The maximum absolute atomic E-state index is 12.0. The maximum Gasteiger partial charge on any atom is 0.245 e. The Morgan fingerprint density at radius 2 is 2.09 bits per heavy atom. The summed E-state index contributed by atoms with van der Waals surface area (Å²) in [7, 11) is 0. The third-order valence-electron chi connectivity index (χ3n) is 6.38. The van der Waals surface area contributed by atoms with Crippen LogP contribution >= 0.6 is 0 Å². The lowest BCUT2D eigenvalue weighted by molar-refractivity contribution is -0.125. The van der Waals surface area contributed by atoms with Crippen LogP contribution in [0.4, 0.5) is 5.82 Å². The van der Waals surface area contributed by atoms with E-state index in [1.165, 1.54) is 12.4 Å². The van der Waals surface area contributed by atoms with Crippen molar-refractivity contribution in [2.45, 2.75) is 31.1 Å². The van der Waals surface area contributed by atoms with Gasteiger partial charge < -0.3 is 15.1 Å². The van der Waals surface area contributed by atoms with Gasteiger partial charge in [-0.2, -0.15) is 5.10 Å². The van der Waals surface area contributed by atoms with E-state index in [0.717, 1.165) is 53.1 Å². The molecule has 1 aromatic carbocycles. The standard InChI is InChI=1S/C25H22N6O2/c1-2-22(32)30-10-9-18(13-30)20-12-17(23-24(26)27-14-28-31(20)23)5-3-15-4-8-21-19(11-15)29-25(33-21)16-6-7-16/h2,4,8,11-12,14,16,18H,1,6-7,9-10,13H2,(H2,26,27,28)/t18-/m0/s1. The Bertz CT molecular complexity index is 1480. The van der Waals surface area contributed by atoms with Crippen LogP contribution in [0.3, 0.4) is 0 Å². The van der Waals surface area contributed by atoms with E-state index in [1.807, 2.05) is 28.8 Å². The van der Waals surface area contributed by atoms with Crippen molar-refractivity contribution in [3.8, 4) is 11.8 Å². The number of fused-ring (bicyclic) bond motifs is 2. The fraction of sp³-hybridized carbons (Fsp3) is 0.280. The number of rotatable bonds is 3. The largest absolute Gasteiger partial charge is 0.440 e. The topological polar surface area (TPSA) is 103 Å². The number of amides is 1. The van der Waals surface area contributed by atoms with Crippen LogP contribution in [-0.4, -0.2) is 43.5 Å². The summed E-state index contributed by atoms with van der Waals surface area (Å²) in [5, 5.41) is 4.43. The molecule has 1 amide bonds. The average molecular weight is 438 g/mol. The monoisotopic (exact) mass is 438 g/mol. The first-order valence-electron chi connectivity index (χ1n) is 11.1. The van der Waals surface area contributed by atoms with Crippen LogP contribution in [0.2, 0.25) is 0 Å². The van der Waals surface area contributed by atoms with Gasteiger partial charge in [-0.25, -0.2) is 14.5 Å². The minimum Gasteiger partial charge on any atom is -0.440 e. The minimum atomic E-state index is -0.0550. The van der Waals surface area contributed by atoms with Crippen molar-refractivity contribution in [3.05, 3.63) is 66.0 Å². The van der Waals surface area contributed by atoms with Gasteiger partial charge in [0, 0.05) is 36.2 Å². The number of carbonyl (C=O) groups excluding carboxylic acids is 1. The number of carbonyl (C=O) groups is 1. The lowest BCUT2D eigenvalue weighted by Crippen LogP contribution is -2.26. The molecule has 0 radical (unpaired) electrons. The molecule has 4 aromatic rings. The zero-order valence-corrected chi connectivity index (χ0v) is 18.0. The van der Waals surface area contributed by atoms with Gasteiger partial charge in [-0.1, -0.05) is 18.4 Å². The molecule has 33 heavy (non-hydrogen) atoms. The summed E-state index contributed by atoms with van der Waals surface area (Å²) >= 11 is 0. The lowest BCUT2D eigenvalue weighted by atomic mass is 10.0. The molecule has 1 aliphatic carbocycles. The van der Waals surface area contributed by atoms with Crippen molar-refractivity contribution in [2.75, 3.05) is 18.8 Å². The first-order valence-corrected chi connectivity index (χ1v) is 11.1. The first kappa shape index (κ1) is 19.6. The molecule has 1 aliphatic heterocycles. The summed E-state index contributed by atoms with van der Waals surface area (Å²) in [6.07, 6.45) is 5.94. The second kappa shape index (κ2) is 7.48. The van der Waals surface area contributed by atoms with E-state index >= 15 is 0 Å². The Morgan fingerprint density at radius 1 is 1.21 bits per heavy atom. The van der Waals surface area contributed by atoms with Crippen LogP contribution in [0.1, 0.15) is 53.8 Å². The molecule has 1 atom stereocenters. The molecule has 0 bridgehead atoms. The third kappa shape index (κ3) is 3.42. The Labute approximate surface area is 190 Å². The number of nitrogens with two attached hydrogens (primary N) is 1. The van der Waals surface area contributed by atoms with Gasteiger partial charge in [-0.3, -0.25) is 4.79 Å². The molecule has 6 rings (SSSR count). The second-order valence-electron chi connectivity index (χ2n) is 8.62. The highest BCUT2D eigenvalue weighted by molar-refractivity contribution is 5.87. The summed E-state index contributed by atoms with van der Waals surface area (Å²) in [5.74, 6) is 8.23. The molecule has 0 spiro atoms. The van der Waals surface area contributed by atoms with Gasteiger partial charge in [-0.05, 0) is 49.6 Å². The smallest absolute Gasteiger partial charge is 0.245 e. The highest BCUT2D eigenvalue weighted by Crippen LogP contribution is 2.40. The van der Waals surface area contributed by atoms with Gasteiger partial charge >= 0.3 is 0 Å². The fourth-order valence-electron chi connectivity index (χ4n) is 4.48. The van der Waals surface area contributed by atoms with Gasteiger partial charge in [-0.15, -0.1) is 0 Å². The number of nitrogen functional groups attached to an aromatic ring is 1. The number of aromatic nitrogens is 4. The van der Waals surface area contributed by atoms with Crippen LogP contribution < -0.4 is 5.73 Å². The number of nitrogens with zero attached hydrogens (tertiary/aromatic N) is 5. The van der Waals surface area contributed by atoms with E-state index in [9.17, 15) is 4.79 Å². The Morgan fingerprint density at radius 3 is 2.91 bits per heavy atom. The summed E-state index contributed by atoms with van der Waals surface area (Å²) in [6.45, 7) is 4.89. The molecular formula is C25H22N6O2. The molecule has 8 heteroatoms. The quantitative estimate of drug-likeness (QED) is 0.389. The molecule has 0 unspecified atom stereocenters. The molecule has 4 heterocycles. The summed E-state index contributed by atoms with van der Waals surface area (Å²) in [4.78, 5) is 22.6. The Hall–Kier alpha value is -4.12. The number of hydrogen-bond acceptors (Lipinski definition) is 6. The normalized spacial score (nSPS) is 17.9. The zero-order chi connectivity index (χ0) is 22.5. The second-order valence-corrected chi connectivity index (χ2v) is 8.62. The number of benzene rings is 1. The predicted molar refractivity (Wildman–Crippen MR) is 123 cm³/mol. The summed E-state index contributed by atoms with van der Waals surface area (Å²) < 4.78 is 7.65. The maximum atomic E-state index is 12.0. The SMILES string of the molecule is C=CC(=O)N1CC[C@H](c2cc(C#Cc3ccc4oc(C5CC5)nc4c3)c3c(N)ncnn23)C1. The van der Waals surface area contributed by atoms with E-state index in [1.54, 1.807) is 4.90 Å². The van der Waals surface area contributed by atoms with E-state index in [0.29, 0.717) is 30.3 Å². The first-order chi connectivity index (χ1) is 16.1. The Kier molecular flexibility index (Phi) is 4.44. The molecule has 1 saturated heterocycles. The molecule has 8 nitrogen and oxygen atoms in total. The van der Waals surface area contributed by atoms with Gasteiger partial charge in [0.1, 0.15) is 17.4 Å².